The molecule has 0 bridgehead atoms. The predicted octanol–water partition coefficient (Wildman–Crippen LogP) is 9.26. The maximum Gasteiger partial charge on any atom is 0.124 e. The molecule has 0 amide bonds. The summed E-state index contributed by atoms with van der Waals surface area (Å²) in [5.41, 5.74) is 6.08. The minimum Gasteiger partial charge on any atom is -0.378 e. The highest BCUT2D eigenvalue weighted by molar-refractivity contribution is 7.22. The smallest absolute Gasteiger partial charge is 0.124 e. The molecule has 34 heavy (non-hydrogen) atoms. The van der Waals surface area contributed by atoms with Crippen LogP contribution in [-0.4, -0.2) is 19.1 Å². The van der Waals surface area contributed by atoms with Gasteiger partial charge >= 0.3 is 0 Å². The van der Waals surface area contributed by atoms with Crippen LogP contribution >= 0.6 is 34.0 Å². The molecule has 0 saturated carbocycles. The number of thiazole rings is 1. The van der Waals surface area contributed by atoms with Crippen molar-refractivity contribution in [1.82, 2.24) is 4.98 Å². The average Bonchev–Trinajstić information content (AvgIpc) is 3.50. The molecule has 0 spiro atoms. The zero-order valence-corrected chi connectivity index (χ0v) is 22.0. The molecule has 168 valence electrons. The van der Waals surface area contributed by atoms with Crippen molar-refractivity contribution >= 4 is 59.9 Å². The van der Waals surface area contributed by atoms with E-state index in [-0.39, 0.29) is 0 Å². The Morgan fingerprint density at radius 1 is 0.647 bits per heavy atom. The third kappa shape index (κ3) is 3.47. The zero-order valence-electron chi connectivity index (χ0n) is 19.5. The van der Waals surface area contributed by atoms with Crippen LogP contribution in [0.2, 0.25) is 0 Å². The van der Waals surface area contributed by atoms with Gasteiger partial charge in [0.25, 0.3) is 0 Å². The van der Waals surface area contributed by atoms with Crippen molar-refractivity contribution in [2.45, 2.75) is 13.8 Å². The molecule has 3 aromatic heterocycles. The summed E-state index contributed by atoms with van der Waals surface area (Å²) in [4.78, 5) is 11.4. The van der Waals surface area contributed by atoms with Gasteiger partial charge in [0.05, 0.1) is 10.6 Å². The van der Waals surface area contributed by atoms with Gasteiger partial charge in [0.15, 0.2) is 0 Å². The number of rotatable bonds is 4. The maximum atomic E-state index is 5.33. The van der Waals surface area contributed by atoms with Gasteiger partial charge in [0.1, 0.15) is 5.01 Å². The van der Waals surface area contributed by atoms with E-state index < -0.39 is 0 Å². The Balaban J connectivity index is 1.64. The molecule has 6 rings (SSSR count). The highest BCUT2D eigenvalue weighted by Crippen LogP contribution is 2.50. The zero-order chi connectivity index (χ0) is 23.4. The predicted molar refractivity (Wildman–Crippen MR) is 153 cm³/mol. The Morgan fingerprint density at radius 3 is 1.82 bits per heavy atom. The molecular formula is C29H24N2S3. The van der Waals surface area contributed by atoms with Crippen LogP contribution in [0.1, 0.15) is 9.75 Å². The second-order valence-electron chi connectivity index (χ2n) is 8.70. The first-order valence-electron chi connectivity index (χ1n) is 11.3. The molecule has 6 aromatic rings. The summed E-state index contributed by atoms with van der Waals surface area (Å²) in [6.45, 7) is 4.47. The number of aromatic nitrogens is 1. The molecule has 3 heterocycles. The second kappa shape index (κ2) is 8.35. The first kappa shape index (κ1) is 21.5. The molecule has 0 atom stereocenters. The Labute approximate surface area is 211 Å². The molecule has 3 aromatic carbocycles. The summed E-state index contributed by atoms with van der Waals surface area (Å²) < 4.78 is 2.65. The number of anilines is 1. The van der Waals surface area contributed by atoms with Gasteiger partial charge in [-0.25, -0.2) is 4.98 Å². The Morgan fingerprint density at radius 2 is 1.21 bits per heavy atom. The van der Waals surface area contributed by atoms with E-state index in [1.165, 1.54) is 51.6 Å². The third-order valence-corrected chi connectivity index (χ3v) is 9.56. The minimum absolute atomic E-state index is 1.07. The fourth-order valence-electron chi connectivity index (χ4n) is 4.60. The van der Waals surface area contributed by atoms with Gasteiger partial charge in [-0.1, -0.05) is 36.4 Å². The molecule has 0 aliphatic carbocycles. The maximum absolute atomic E-state index is 5.33. The van der Waals surface area contributed by atoms with Crippen LogP contribution in [0.15, 0.2) is 72.8 Å². The van der Waals surface area contributed by atoms with Gasteiger partial charge in [0.2, 0.25) is 0 Å². The molecule has 2 nitrogen and oxygen atoms in total. The van der Waals surface area contributed by atoms with Crippen LogP contribution in [0.4, 0.5) is 5.69 Å². The largest absolute Gasteiger partial charge is 0.378 e. The summed E-state index contributed by atoms with van der Waals surface area (Å²) in [6, 6.07) is 26.2. The molecular weight excluding hydrogens is 473 g/mol. The van der Waals surface area contributed by atoms with Crippen LogP contribution in [0, 0.1) is 13.8 Å². The normalized spacial score (nSPS) is 11.5. The van der Waals surface area contributed by atoms with Crippen molar-refractivity contribution in [3.63, 3.8) is 0 Å². The summed E-state index contributed by atoms with van der Waals surface area (Å²) in [6.07, 6.45) is 0. The second-order valence-corrected chi connectivity index (χ2v) is 12.2. The number of hydrogen-bond acceptors (Lipinski definition) is 5. The van der Waals surface area contributed by atoms with Crippen molar-refractivity contribution in [2.75, 3.05) is 19.0 Å². The number of fused-ring (bicyclic) bond motifs is 2. The SMILES string of the molecule is Cc1sc2ccccc2c1-c1nc(-c2ccc(N(C)C)cc2)sc1-c1c(C)sc2ccccc12. The number of thiophene rings is 2. The Bertz CT molecular complexity index is 1550. The van der Waals surface area contributed by atoms with Crippen LogP contribution < -0.4 is 4.90 Å². The number of nitrogens with zero attached hydrogens (tertiary/aromatic N) is 2. The first-order chi connectivity index (χ1) is 16.5. The van der Waals surface area contributed by atoms with Gasteiger partial charge in [0, 0.05) is 66.4 Å². The van der Waals surface area contributed by atoms with E-state index >= 15 is 0 Å². The molecule has 0 aliphatic rings. The highest BCUT2D eigenvalue weighted by Gasteiger charge is 2.24. The lowest BCUT2D eigenvalue weighted by atomic mass is 10.0. The molecule has 0 radical (unpaired) electrons. The topological polar surface area (TPSA) is 16.1 Å². The molecule has 0 fully saturated rings. The number of aryl methyl sites for hydroxylation is 2. The fraction of sp³-hybridized carbons (Fsp3) is 0.138. The third-order valence-electron chi connectivity index (χ3n) is 6.26. The lowest BCUT2D eigenvalue weighted by Gasteiger charge is -2.11. The van der Waals surface area contributed by atoms with Gasteiger partial charge in [-0.3, -0.25) is 0 Å². The van der Waals surface area contributed by atoms with Crippen molar-refractivity contribution in [2.24, 2.45) is 0 Å². The lowest BCUT2D eigenvalue weighted by molar-refractivity contribution is 1.13. The summed E-state index contributed by atoms with van der Waals surface area (Å²) in [7, 11) is 4.15. The summed E-state index contributed by atoms with van der Waals surface area (Å²) >= 11 is 5.55. The van der Waals surface area contributed by atoms with E-state index in [0.29, 0.717) is 0 Å². The number of hydrogen-bond donors (Lipinski definition) is 0. The van der Waals surface area contributed by atoms with Crippen molar-refractivity contribution in [1.29, 1.82) is 0 Å². The molecule has 0 saturated heterocycles. The summed E-state index contributed by atoms with van der Waals surface area (Å²) in [5, 5.41) is 3.68. The average molecular weight is 497 g/mol. The van der Waals surface area contributed by atoms with E-state index in [1.54, 1.807) is 0 Å². The Hall–Kier alpha value is -2.99. The fourth-order valence-corrected chi connectivity index (χ4v) is 7.99. The quantitative estimate of drug-likeness (QED) is 0.242. The van der Waals surface area contributed by atoms with Crippen LogP contribution in [-0.2, 0) is 0 Å². The van der Waals surface area contributed by atoms with E-state index in [0.717, 1.165) is 16.3 Å². The van der Waals surface area contributed by atoms with Crippen LogP contribution in [0.3, 0.4) is 0 Å². The van der Waals surface area contributed by atoms with Gasteiger partial charge in [-0.05, 0) is 50.2 Å². The number of benzene rings is 3. The molecule has 0 aliphatic heterocycles. The monoisotopic (exact) mass is 496 g/mol. The van der Waals surface area contributed by atoms with E-state index in [1.807, 2.05) is 34.0 Å². The van der Waals surface area contributed by atoms with Crippen LogP contribution in [0.25, 0.3) is 52.4 Å². The van der Waals surface area contributed by atoms with Crippen molar-refractivity contribution in [3.05, 3.63) is 82.6 Å². The van der Waals surface area contributed by atoms with E-state index in [2.05, 4.69) is 106 Å². The molecule has 0 N–H and O–H groups in total. The van der Waals surface area contributed by atoms with Gasteiger partial charge in [-0.15, -0.1) is 34.0 Å². The van der Waals surface area contributed by atoms with Crippen LogP contribution in [0.5, 0.6) is 0 Å². The molecule has 0 unspecified atom stereocenters. The molecule has 5 heteroatoms. The van der Waals surface area contributed by atoms with Gasteiger partial charge in [-0.2, -0.15) is 0 Å². The highest BCUT2D eigenvalue weighted by atomic mass is 32.1. The Kier molecular flexibility index (Phi) is 5.29. The van der Waals surface area contributed by atoms with Gasteiger partial charge < -0.3 is 4.90 Å². The standard InChI is InChI=1S/C29H24N2S3/c1-17-25(21-9-5-7-11-23(21)32-17)27-28(26-18(2)33-24-12-8-6-10-22(24)26)34-29(30-27)19-13-15-20(16-14-19)31(3)4/h5-16H,1-4H3. The first-order valence-corrected chi connectivity index (χ1v) is 13.7. The summed E-state index contributed by atoms with van der Waals surface area (Å²) in [5.74, 6) is 0. The van der Waals surface area contributed by atoms with E-state index in [9.17, 15) is 0 Å². The van der Waals surface area contributed by atoms with E-state index in [4.69, 9.17) is 4.98 Å². The van der Waals surface area contributed by atoms with Crippen molar-refractivity contribution < 1.29 is 0 Å². The lowest BCUT2D eigenvalue weighted by Crippen LogP contribution is -2.07. The van der Waals surface area contributed by atoms with Crippen molar-refractivity contribution in [3.8, 4) is 32.3 Å². The minimum atomic E-state index is 1.07.